The van der Waals surface area contributed by atoms with Gasteiger partial charge in [-0.2, -0.15) is 4.79 Å². The van der Waals surface area contributed by atoms with Crippen molar-refractivity contribution in [3.8, 4) is 11.5 Å². The second-order valence-electron chi connectivity index (χ2n) is 4.74. The van der Waals surface area contributed by atoms with Crippen molar-refractivity contribution in [2.24, 2.45) is 0 Å². The smallest absolute Gasteiger partial charge is 1.00 e. The summed E-state index contributed by atoms with van der Waals surface area (Å²) in [4.78, 5) is 4.34. The Kier molecular flexibility index (Phi) is 14.2. The number of aryl methyl sites for hydroxylation is 1. The maximum absolute atomic E-state index is 9.13. The summed E-state index contributed by atoms with van der Waals surface area (Å²) in [5, 5.41) is -0.0496. The van der Waals surface area contributed by atoms with Gasteiger partial charge < -0.3 is 39.8 Å². The molecule has 1 atom stereocenters. The van der Waals surface area contributed by atoms with Crippen LogP contribution in [0.3, 0.4) is 0 Å². The number of allylic oxidation sites excluding steroid dienone is 3. The summed E-state index contributed by atoms with van der Waals surface area (Å²) in [6.45, 7) is 7.15. The molecule has 1 aliphatic rings. The van der Waals surface area contributed by atoms with E-state index >= 15 is 0 Å². The third-order valence-electron chi connectivity index (χ3n) is 3.17. The van der Waals surface area contributed by atoms with E-state index in [4.69, 9.17) is 15.0 Å². The number of halogens is 2. The summed E-state index contributed by atoms with van der Waals surface area (Å²) >= 11 is 1.58. The second kappa shape index (κ2) is 13.4. The number of nitrogens with zero attached hydrogens (tertiary/aromatic N) is 2. The van der Waals surface area contributed by atoms with Crippen LogP contribution in [0.5, 0.6) is 11.5 Å². The summed E-state index contributed by atoms with van der Waals surface area (Å²) in [7, 11) is 0. The molecule has 8 heteroatoms. The Labute approximate surface area is 178 Å². The minimum Gasteiger partial charge on any atom is -1.00 e. The molecule has 2 rings (SSSR count). The monoisotopic (exact) mass is 450 g/mol. The van der Waals surface area contributed by atoms with Crippen molar-refractivity contribution in [3.05, 3.63) is 47.5 Å². The number of hydrogen-bond acceptors (Lipinski definition) is 3. The average Bonchev–Trinajstić information content (AvgIpc) is 2.52. The van der Waals surface area contributed by atoms with Gasteiger partial charge in [0, 0.05) is 6.08 Å². The molecule has 132 valence electrons. The third kappa shape index (κ3) is 7.17. The predicted molar refractivity (Wildman–Crippen MR) is 90.1 cm³/mol. The van der Waals surface area contributed by atoms with Crippen molar-refractivity contribution in [2.45, 2.75) is 30.9 Å². The summed E-state index contributed by atoms with van der Waals surface area (Å²) in [5.41, 5.74) is 10.8. The SMILES string of the molecule is CCOc1cc(SC2C=CC=CC2=[N+]=[N-])c(OCC)cc1C.[Cl-].[Cl-].[Zn+2]. The van der Waals surface area contributed by atoms with Crippen molar-refractivity contribution in [3.63, 3.8) is 0 Å². The molecule has 25 heavy (non-hydrogen) atoms. The maximum Gasteiger partial charge on any atom is 2.00 e. The van der Waals surface area contributed by atoms with Crippen molar-refractivity contribution < 1.29 is 58.6 Å². The molecular formula is C17H20Cl2N2O2SZn. The third-order valence-corrected chi connectivity index (χ3v) is 4.39. The molecule has 1 aliphatic carbocycles. The average molecular weight is 453 g/mol. The van der Waals surface area contributed by atoms with Gasteiger partial charge in [0.15, 0.2) is 0 Å². The van der Waals surface area contributed by atoms with E-state index in [0.717, 1.165) is 22.0 Å². The van der Waals surface area contributed by atoms with Crippen LogP contribution in [0.1, 0.15) is 19.4 Å². The Bertz CT molecular complexity index is 662. The zero-order chi connectivity index (χ0) is 15.9. The van der Waals surface area contributed by atoms with Gasteiger partial charge in [-0.25, -0.2) is 0 Å². The van der Waals surface area contributed by atoms with E-state index in [1.807, 2.05) is 51.1 Å². The van der Waals surface area contributed by atoms with Gasteiger partial charge in [0.1, 0.15) is 16.7 Å². The Hall–Kier alpha value is -0.767. The Morgan fingerprint density at radius 1 is 1.08 bits per heavy atom. The largest absolute Gasteiger partial charge is 2.00 e. The van der Waals surface area contributed by atoms with Crippen LogP contribution < -0.4 is 34.3 Å². The number of rotatable bonds is 6. The first kappa shape index (κ1) is 26.5. The Balaban J connectivity index is 0. The van der Waals surface area contributed by atoms with E-state index in [1.165, 1.54) is 0 Å². The predicted octanol–water partition coefficient (Wildman–Crippen LogP) is -1.94. The van der Waals surface area contributed by atoms with Crippen LogP contribution in [0.2, 0.25) is 0 Å². The Morgan fingerprint density at radius 3 is 2.32 bits per heavy atom. The molecule has 0 amide bonds. The van der Waals surface area contributed by atoms with E-state index in [0.29, 0.717) is 18.9 Å². The molecule has 4 nitrogen and oxygen atoms in total. The summed E-state index contributed by atoms with van der Waals surface area (Å²) in [6.07, 6.45) is 7.60. The molecule has 0 fully saturated rings. The van der Waals surface area contributed by atoms with Crippen LogP contribution in [0, 0.1) is 6.92 Å². The molecule has 0 aromatic heterocycles. The number of thioether (sulfide) groups is 1. The standard InChI is InChI=1S/C17H20N2O2S.2ClH.Zn/c1-4-20-14-11-17(15(21-5-2)10-12(14)3)22-16-9-7-6-8-13(16)19-18;;;/h6-11,16H,4-5H2,1-3H3;2*1H;/q;;;+2/p-2. The Morgan fingerprint density at radius 2 is 1.72 bits per heavy atom. The van der Waals surface area contributed by atoms with E-state index in [2.05, 4.69) is 4.79 Å². The van der Waals surface area contributed by atoms with Crippen molar-refractivity contribution >= 4 is 17.5 Å². The van der Waals surface area contributed by atoms with E-state index in [1.54, 1.807) is 17.8 Å². The van der Waals surface area contributed by atoms with Crippen molar-refractivity contribution in [2.75, 3.05) is 13.2 Å². The first-order valence-corrected chi connectivity index (χ1v) is 8.21. The molecule has 0 saturated heterocycles. The van der Waals surface area contributed by atoms with Crippen molar-refractivity contribution in [1.29, 1.82) is 0 Å². The summed E-state index contributed by atoms with van der Waals surface area (Å²) in [6, 6.07) is 3.99. The maximum atomic E-state index is 9.13. The zero-order valence-electron chi connectivity index (χ0n) is 14.5. The first-order chi connectivity index (χ1) is 10.7. The van der Waals surface area contributed by atoms with Gasteiger partial charge >= 0.3 is 25.2 Å². The minimum atomic E-state index is -0.0496. The van der Waals surface area contributed by atoms with Gasteiger partial charge in [0.05, 0.1) is 18.1 Å². The van der Waals surface area contributed by atoms with Gasteiger partial charge in [-0.3, -0.25) is 0 Å². The van der Waals surface area contributed by atoms with Crippen LogP contribution in [-0.2, 0) is 19.5 Å². The van der Waals surface area contributed by atoms with Crippen LogP contribution >= 0.6 is 11.8 Å². The minimum absolute atomic E-state index is 0. The van der Waals surface area contributed by atoms with Crippen LogP contribution in [-0.4, -0.2) is 29.0 Å². The van der Waals surface area contributed by atoms with Crippen LogP contribution in [0.15, 0.2) is 41.3 Å². The first-order valence-electron chi connectivity index (χ1n) is 7.33. The molecule has 1 aromatic carbocycles. The topological polar surface area (TPSA) is 54.9 Å². The summed E-state index contributed by atoms with van der Waals surface area (Å²) in [5.74, 6) is 1.68. The van der Waals surface area contributed by atoms with E-state index in [-0.39, 0.29) is 49.5 Å². The van der Waals surface area contributed by atoms with Gasteiger partial charge in [0.2, 0.25) is 0 Å². The fraction of sp³-hybridized carbons (Fsp3) is 0.353. The fourth-order valence-corrected chi connectivity index (χ4v) is 3.25. The molecule has 0 bridgehead atoms. The molecule has 0 N–H and O–H groups in total. The van der Waals surface area contributed by atoms with Crippen molar-refractivity contribution in [1.82, 2.24) is 0 Å². The molecule has 0 aliphatic heterocycles. The van der Waals surface area contributed by atoms with Crippen LogP contribution in [0.25, 0.3) is 5.53 Å². The zero-order valence-corrected chi connectivity index (χ0v) is 19.8. The van der Waals surface area contributed by atoms with E-state index in [9.17, 15) is 0 Å². The molecule has 0 spiro atoms. The van der Waals surface area contributed by atoms with E-state index < -0.39 is 0 Å². The van der Waals surface area contributed by atoms with Gasteiger partial charge in [-0.15, -0.1) is 11.8 Å². The molecule has 0 saturated carbocycles. The quantitative estimate of drug-likeness (QED) is 0.287. The molecule has 0 radical (unpaired) electrons. The van der Waals surface area contributed by atoms with Crippen LogP contribution in [0.4, 0.5) is 0 Å². The molecular weight excluding hydrogens is 433 g/mol. The number of hydrogen-bond donors (Lipinski definition) is 0. The summed E-state index contributed by atoms with van der Waals surface area (Å²) < 4.78 is 11.4. The second-order valence-corrected chi connectivity index (χ2v) is 5.92. The molecule has 1 aromatic rings. The normalized spacial score (nSPS) is 14.5. The van der Waals surface area contributed by atoms with Gasteiger partial charge in [-0.05, 0) is 38.5 Å². The van der Waals surface area contributed by atoms with Gasteiger partial charge in [0.25, 0.3) is 0 Å². The van der Waals surface area contributed by atoms with Gasteiger partial charge in [-0.1, -0.05) is 18.2 Å². The number of ether oxygens (including phenoxy) is 2. The number of benzene rings is 1. The fourth-order valence-electron chi connectivity index (χ4n) is 2.15. The molecule has 1 unspecified atom stereocenters. The molecule has 0 heterocycles.